The van der Waals surface area contributed by atoms with Gasteiger partial charge in [-0.15, -0.1) is 0 Å². The highest BCUT2D eigenvalue weighted by Gasteiger charge is 2.51. The van der Waals surface area contributed by atoms with Crippen molar-refractivity contribution in [3.8, 4) is 5.75 Å². The highest BCUT2D eigenvalue weighted by atomic mass is 16.5. The molecule has 2 unspecified atom stereocenters. The van der Waals surface area contributed by atoms with E-state index in [4.69, 9.17) is 4.74 Å². The molecule has 0 aromatic heterocycles. The smallest absolute Gasteiger partial charge is 0.308 e. The van der Waals surface area contributed by atoms with Crippen LogP contribution in [0.4, 0.5) is 0 Å². The van der Waals surface area contributed by atoms with Crippen LogP contribution in [0.15, 0.2) is 72.8 Å². The minimum Gasteiger partial charge on any atom is -0.427 e. The van der Waals surface area contributed by atoms with E-state index in [0.29, 0.717) is 44.2 Å². The van der Waals surface area contributed by atoms with Crippen LogP contribution in [0.3, 0.4) is 0 Å². The van der Waals surface area contributed by atoms with Gasteiger partial charge in [-0.05, 0) is 118 Å². The van der Waals surface area contributed by atoms with Crippen molar-refractivity contribution < 1.29 is 9.53 Å². The number of fused-ring (bicyclic) bond motifs is 1. The Labute approximate surface area is 386 Å². The molecule has 0 bridgehead atoms. The highest BCUT2D eigenvalue weighted by Crippen LogP contribution is 2.63. The van der Waals surface area contributed by atoms with E-state index in [2.05, 4.69) is 127 Å². The zero-order chi connectivity index (χ0) is 46.5. The van der Waals surface area contributed by atoms with Gasteiger partial charge in [0.1, 0.15) is 5.75 Å². The van der Waals surface area contributed by atoms with Crippen LogP contribution in [0.5, 0.6) is 5.75 Å². The molecule has 0 saturated heterocycles. The molecule has 0 aliphatic carbocycles. The maximum absolute atomic E-state index is 10.7. The van der Waals surface area contributed by atoms with Crippen molar-refractivity contribution in [1.82, 2.24) is 0 Å². The van der Waals surface area contributed by atoms with Crippen LogP contribution in [0.2, 0.25) is 0 Å². The first-order valence-corrected chi connectivity index (χ1v) is 26.3. The number of benzene rings is 3. The van der Waals surface area contributed by atoms with Gasteiger partial charge in [-0.3, -0.25) is 4.79 Å². The van der Waals surface area contributed by atoms with E-state index >= 15 is 0 Å². The van der Waals surface area contributed by atoms with Gasteiger partial charge in [-0.25, -0.2) is 0 Å². The zero-order valence-corrected chi connectivity index (χ0v) is 43.7. The molecule has 0 fully saturated rings. The van der Waals surface area contributed by atoms with Crippen LogP contribution < -0.4 is 4.74 Å². The fourth-order valence-electron chi connectivity index (χ4n) is 12.9. The van der Waals surface area contributed by atoms with Gasteiger partial charge in [-0.1, -0.05) is 241 Å². The fraction of sp³-hybridized carbons (Fsp3) is 0.717. The first kappa shape index (κ1) is 55.5. The van der Waals surface area contributed by atoms with Crippen molar-refractivity contribution in [3.63, 3.8) is 0 Å². The Morgan fingerprint density at radius 3 is 1.24 bits per heavy atom. The third-order valence-electron chi connectivity index (χ3n) is 18.0. The summed E-state index contributed by atoms with van der Waals surface area (Å²) in [6.07, 6.45) is 28.2. The van der Waals surface area contributed by atoms with Gasteiger partial charge in [0.15, 0.2) is 0 Å². The van der Waals surface area contributed by atoms with E-state index in [1.807, 2.05) is 36.4 Å². The molecule has 62 heavy (non-hydrogen) atoms. The molecule has 2 atom stereocenters. The van der Waals surface area contributed by atoms with Crippen LogP contribution >= 0.6 is 0 Å². The third kappa shape index (κ3) is 15.0. The molecule has 2 heteroatoms. The summed E-state index contributed by atoms with van der Waals surface area (Å²) in [6.45, 7) is 36.8. The lowest BCUT2D eigenvalue weighted by Crippen LogP contribution is -2.45. The molecular formula is C60H100O2. The predicted molar refractivity (Wildman–Crippen MR) is 275 cm³/mol. The average Bonchev–Trinajstić information content (AvgIpc) is 3.31. The number of hydrogen-bond donors (Lipinski definition) is 0. The maximum Gasteiger partial charge on any atom is 0.308 e. The van der Waals surface area contributed by atoms with Gasteiger partial charge in [-0.2, -0.15) is 0 Å². The quantitative estimate of drug-likeness (QED) is 0.0514. The summed E-state index contributed by atoms with van der Waals surface area (Å²) in [5.41, 5.74) is 4.00. The average molecular weight is 853 g/mol. The third-order valence-corrected chi connectivity index (χ3v) is 18.0. The lowest BCUT2D eigenvalue weighted by molar-refractivity contribution is -0.131. The molecule has 0 spiro atoms. The molecule has 0 aliphatic rings. The van der Waals surface area contributed by atoms with E-state index in [0.717, 1.165) is 10.8 Å². The molecule has 3 rings (SSSR count). The molecule has 3 aromatic rings. The van der Waals surface area contributed by atoms with Crippen LogP contribution in [-0.2, 0) is 4.79 Å². The summed E-state index contributed by atoms with van der Waals surface area (Å²) >= 11 is 0. The molecule has 2 nitrogen and oxygen atoms in total. The van der Waals surface area contributed by atoms with Crippen LogP contribution in [0, 0.1) is 32.5 Å². The van der Waals surface area contributed by atoms with Crippen molar-refractivity contribution in [2.75, 3.05) is 0 Å². The predicted octanol–water partition coefficient (Wildman–Crippen LogP) is 19.9. The standard InChI is InChI=1S/C48H90.C12H10O2/c1-15-34-46(26-12,27-13)39-47(28-14,36-43(17-3,18-4)19-5)40-48(37-44(20-6,21-7)22-8,38-45(23-9,24-10)25-11)35-41(16-2)42-32-30-29-31-33-42;1-9(13)14-12-7-6-10-4-2-3-5-11(10)8-12/h29-33,41H,15-28,34-40H2,1-14H3;2-8H,1H3. The molecule has 0 amide bonds. The Morgan fingerprint density at radius 2 is 0.839 bits per heavy atom. The van der Waals surface area contributed by atoms with Gasteiger partial charge in [0.2, 0.25) is 0 Å². The van der Waals surface area contributed by atoms with E-state index in [9.17, 15) is 4.79 Å². The monoisotopic (exact) mass is 853 g/mol. The summed E-state index contributed by atoms with van der Waals surface area (Å²) in [5, 5.41) is 2.22. The second-order valence-electron chi connectivity index (χ2n) is 20.7. The van der Waals surface area contributed by atoms with Crippen molar-refractivity contribution in [3.05, 3.63) is 78.4 Å². The molecule has 352 valence electrons. The minimum atomic E-state index is -0.291. The van der Waals surface area contributed by atoms with Crippen molar-refractivity contribution in [2.45, 2.75) is 245 Å². The van der Waals surface area contributed by atoms with E-state index in [1.165, 1.54) is 142 Å². The highest BCUT2D eigenvalue weighted by molar-refractivity contribution is 5.84. The van der Waals surface area contributed by atoms with Crippen LogP contribution in [0.1, 0.15) is 250 Å². The minimum absolute atomic E-state index is 0.291. The lowest BCUT2D eigenvalue weighted by atomic mass is 9.49. The molecule has 0 saturated carbocycles. The van der Waals surface area contributed by atoms with E-state index in [1.54, 1.807) is 11.6 Å². The fourth-order valence-corrected chi connectivity index (χ4v) is 12.9. The summed E-state index contributed by atoms with van der Waals surface area (Å²) in [5.74, 6) is 0.926. The second kappa shape index (κ2) is 26.4. The number of carbonyl (C=O) groups excluding carboxylic acids is 1. The Balaban J connectivity index is 0.000000786. The summed E-state index contributed by atoms with van der Waals surface area (Å²) in [6, 6.07) is 25.3. The Morgan fingerprint density at radius 1 is 0.452 bits per heavy atom. The number of hydrogen-bond acceptors (Lipinski definition) is 2. The van der Waals surface area contributed by atoms with Gasteiger partial charge in [0.25, 0.3) is 0 Å². The largest absolute Gasteiger partial charge is 0.427 e. The molecule has 0 N–H and O–H groups in total. The van der Waals surface area contributed by atoms with Gasteiger partial charge in [0.05, 0.1) is 0 Å². The first-order valence-electron chi connectivity index (χ1n) is 26.3. The van der Waals surface area contributed by atoms with Gasteiger partial charge >= 0.3 is 5.97 Å². The SMILES string of the molecule is CC(=O)Oc1ccc2ccccc2c1.CCCC(CC)(CC)CC(CC)(CC(CC)(CC)CC)CC(CC(CC)c1ccccc1)(CC(CC)(CC)CC)CC(CC)(CC)CC. The Bertz CT molecular complexity index is 1610. The molecular weight excluding hydrogens is 753 g/mol. The van der Waals surface area contributed by atoms with Crippen molar-refractivity contribution >= 4 is 16.7 Å². The molecule has 0 heterocycles. The molecule has 0 aliphatic heterocycles. The van der Waals surface area contributed by atoms with Gasteiger partial charge < -0.3 is 4.74 Å². The maximum atomic E-state index is 10.7. The number of ether oxygens (including phenoxy) is 1. The Kier molecular flexibility index (Phi) is 23.6. The van der Waals surface area contributed by atoms with Crippen LogP contribution in [-0.4, -0.2) is 5.97 Å². The van der Waals surface area contributed by atoms with Crippen LogP contribution in [0.25, 0.3) is 10.8 Å². The second-order valence-corrected chi connectivity index (χ2v) is 20.7. The summed E-state index contributed by atoms with van der Waals surface area (Å²) in [4.78, 5) is 10.7. The molecule has 0 radical (unpaired) electrons. The van der Waals surface area contributed by atoms with Gasteiger partial charge in [0, 0.05) is 6.92 Å². The first-order chi connectivity index (χ1) is 29.6. The summed E-state index contributed by atoms with van der Waals surface area (Å²) < 4.78 is 4.98. The lowest BCUT2D eigenvalue weighted by Gasteiger charge is -2.56. The topological polar surface area (TPSA) is 26.3 Å². The normalized spacial score (nSPS) is 14.2. The Hall–Kier alpha value is -2.61. The number of esters is 1. The van der Waals surface area contributed by atoms with E-state index in [-0.39, 0.29) is 5.97 Å². The zero-order valence-electron chi connectivity index (χ0n) is 43.7. The summed E-state index contributed by atoms with van der Waals surface area (Å²) in [7, 11) is 0. The number of carbonyl (C=O) groups is 1. The van der Waals surface area contributed by atoms with Crippen molar-refractivity contribution in [1.29, 1.82) is 0 Å². The van der Waals surface area contributed by atoms with E-state index < -0.39 is 0 Å². The molecule has 3 aromatic carbocycles. The number of rotatable bonds is 29. The van der Waals surface area contributed by atoms with Crippen molar-refractivity contribution in [2.24, 2.45) is 32.5 Å².